The Balaban J connectivity index is 1.42. The molecule has 6 nitrogen and oxygen atoms in total. The fraction of sp³-hybridized carbons (Fsp3) is 0.529. The minimum absolute atomic E-state index is 0.0910. The van der Waals surface area contributed by atoms with Gasteiger partial charge in [-0.1, -0.05) is 54.8 Å². The Bertz CT molecular complexity index is 791. The third-order valence-corrected chi connectivity index (χ3v) is 7.45. The van der Waals surface area contributed by atoms with Gasteiger partial charge in [0.15, 0.2) is 0 Å². The van der Waals surface area contributed by atoms with Gasteiger partial charge in [0.25, 0.3) is 0 Å². The van der Waals surface area contributed by atoms with Crippen molar-refractivity contribution in [2.45, 2.75) is 43.4 Å². The molecule has 2 heterocycles. The zero-order chi connectivity index (χ0) is 16.6. The molecule has 2 fully saturated rings. The summed E-state index contributed by atoms with van der Waals surface area (Å²) in [5.74, 6) is 0. The van der Waals surface area contributed by atoms with Crippen molar-refractivity contribution in [1.29, 1.82) is 0 Å². The maximum Gasteiger partial charge on any atom is 0.217 e. The van der Waals surface area contributed by atoms with Crippen LogP contribution in [0.2, 0.25) is 0 Å². The SMILES string of the molecule is O=S(=O)(C1CCCCC1)N1CC(n2cc(-c3ccccc3)nn2)C1. The van der Waals surface area contributed by atoms with Crippen molar-refractivity contribution in [3.8, 4) is 11.3 Å². The van der Waals surface area contributed by atoms with Crippen molar-refractivity contribution in [1.82, 2.24) is 19.3 Å². The standard InChI is InChI=1S/C17H22N4O2S/c22-24(23,16-9-5-2-6-10-16)20-11-15(12-20)21-13-17(18-19-21)14-7-3-1-4-8-14/h1,3-4,7-8,13,15-16H,2,5-6,9-12H2. The average molecular weight is 346 g/mol. The second-order valence-corrected chi connectivity index (χ2v) is 8.94. The summed E-state index contributed by atoms with van der Waals surface area (Å²) in [6.45, 7) is 1.02. The van der Waals surface area contributed by atoms with Gasteiger partial charge in [0.05, 0.1) is 17.5 Å². The van der Waals surface area contributed by atoms with Gasteiger partial charge in [-0.05, 0) is 12.8 Å². The van der Waals surface area contributed by atoms with E-state index in [1.807, 2.05) is 36.5 Å². The lowest BCUT2D eigenvalue weighted by Gasteiger charge is -2.40. The van der Waals surface area contributed by atoms with Crippen LogP contribution in [0.25, 0.3) is 11.3 Å². The van der Waals surface area contributed by atoms with Crippen LogP contribution in [-0.4, -0.2) is 46.1 Å². The van der Waals surface area contributed by atoms with Crippen molar-refractivity contribution < 1.29 is 8.42 Å². The van der Waals surface area contributed by atoms with Crippen LogP contribution in [0.4, 0.5) is 0 Å². The van der Waals surface area contributed by atoms with Gasteiger partial charge in [0.1, 0.15) is 5.69 Å². The molecule has 2 aliphatic rings. The van der Waals surface area contributed by atoms with Crippen LogP contribution >= 0.6 is 0 Å². The summed E-state index contributed by atoms with van der Waals surface area (Å²) < 4.78 is 28.7. The van der Waals surface area contributed by atoms with Gasteiger partial charge in [-0.25, -0.2) is 13.1 Å². The highest BCUT2D eigenvalue weighted by Gasteiger charge is 2.41. The summed E-state index contributed by atoms with van der Waals surface area (Å²) in [6, 6.07) is 9.98. The van der Waals surface area contributed by atoms with Gasteiger partial charge in [0.2, 0.25) is 10.0 Å². The van der Waals surface area contributed by atoms with Crippen molar-refractivity contribution >= 4 is 10.0 Å². The Hall–Kier alpha value is -1.73. The van der Waals surface area contributed by atoms with E-state index in [0.717, 1.165) is 43.4 Å². The normalized spacial score (nSPS) is 20.8. The second kappa shape index (κ2) is 6.29. The van der Waals surface area contributed by atoms with Crippen LogP contribution in [0.5, 0.6) is 0 Å². The number of hydrogen-bond acceptors (Lipinski definition) is 4. The van der Waals surface area contributed by atoms with Crippen molar-refractivity contribution in [3.63, 3.8) is 0 Å². The quantitative estimate of drug-likeness (QED) is 0.853. The Kier molecular flexibility index (Phi) is 4.14. The summed E-state index contributed by atoms with van der Waals surface area (Å²) in [5, 5.41) is 8.22. The third-order valence-electron chi connectivity index (χ3n) is 5.12. The summed E-state index contributed by atoms with van der Waals surface area (Å²) in [5.41, 5.74) is 1.85. The van der Waals surface area contributed by atoms with Gasteiger partial charge in [0, 0.05) is 18.7 Å². The van der Waals surface area contributed by atoms with Crippen molar-refractivity contribution in [2.24, 2.45) is 0 Å². The molecule has 2 aromatic rings. The molecular weight excluding hydrogens is 324 g/mol. The maximum absolute atomic E-state index is 12.7. The molecule has 4 rings (SSSR count). The second-order valence-electron chi connectivity index (χ2n) is 6.73. The Morgan fingerprint density at radius 3 is 2.42 bits per heavy atom. The lowest BCUT2D eigenvalue weighted by atomic mass is 10.0. The van der Waals surface area contributed by atoms with Crippen LogP contribution in [0.3, 0.4) is 0 Å². The van der Waals surface area contributed by atoms with E-state index in [9.17, 15) is 8.42 Å². The summed E-state index contributed by atoms with van der Waals surface area (Å²) in [6.07, 6.45) is 6.76. The molecule has 0 radical (unpaired) electrons. The topological polar surface area (TPSA) is 68.1 Å². The zero-order valence-corrected chi connectivity index (χ0v) is 14.4. The number of aromatic nitrogens is 3. The molecule has 1 aromatic heterocycles. The number of nitrogens with zero attached hydrogens (tertiary/aromatic N) is 4. The van der Waals surface area contributed by atoms with E-state index >= 15 is 0 Å². The molecule has 7 heteroatoms. The molecule has 0 unspecified atom stereocenters. The molecule has 1 aromatic carbocycles. The molecule has 0 amide bonds. The van der Waals surface area contributed by atoms with E-state index < -0.39 is 10.0 Å². The zero-order valence-electron chi connectivity index (χ0n) is 13.6. The molecule has 1 saturated heterocycles. The van der Waals surface area contributed by atoms with Crippen LogP contribution in [0.1, 0.15) is 38.1 Å². The number of rotatable bonds is 4. The fourth-order valence-electron chi connectivity index (χ4n) is 3.56. The highest BCUT2D eigenvalue weighted by atomic mass is 32.2. The highest BCUT2D eigenvalue weighted by Crippen LogP contribution is 2.32. The van der Waals surface area contributed by atoms with E-state index in [1.165, 1.54) is 0 Å². The smallest absolute Gasteiger partial charge is 0.217 e. The van der Waals surface area contributed by atoms with Crippen molar-refractivity contribution in [2.75, 3.05) is 13.1 Å². The predicted octanol–water partition coefficient (Wildman–Crippen LogP) is 2.46. The summed E-state index contributed by atoms with van der Waals surface area (Å²) in [7, 11) is -3.14. The van der Waals surface area contributed by atoms with E-state index in [4.69, 9.17) is 0 Å². The Morgan fingerprint density at radius 2 is 1.71 bits per heavy atom. The number of benzene rings is 1. The summed E-state index contributed by atoms with van der Waals surface area (Å²) >= 11 is 0. The summed E-state index contributed by atoms with van der Waals surface area (Å²) in [4.78, 5) is 0. The van der Waals surface area contributed by atoms with Crippen molar-refractivity contribution in [3.05, 3.63) is 36.5 Å². The van der Waals surface area contributed by atoms with Crippen LogP contribution < -0.4 is 0 Å². The Labute approximate surface area is 142 Å². The van der Waals surface area contributed by atoms with Crippen LogP contribution in [0, 0.1) is 0 Å². The van der Waals surface area contributed by atoms with Gasteiger partial charge >= 0.3 is 0 Å². The van der Waals surface area contributed by atoms with Gasteiger partial charge < -0.3 is 0 Å². The molecule has 0 N–H and O–H groups in total. The number of hydrogen-bond donors (Lipinski definition) is 0. The van der Waals surface area contributed by atoms with Crippen LogP contribution in [-0.2, 0) is 10.0 Å². The fourth-order valence-corrected chi connectivity index (χ4v) is 5.67. The minimum atomic E-state index is -3.14. The van der Waals surface area contributed by atoms with E-state index in [1.54, 1.807) is 8.99 Å². The number of sulfonamides is 1. The lowest BCUT2D eigenvalue weighted by Crippen LogP contribution is -2.53. The Morgan fingerprint density at radius 1 is 1.00 bits per heavy atom. The first-order valence-corrected chi connectivity index (χ1v) is 10.1. The van der Waals surface area contributed by atoms with Crippen LogP contribution in [0.15, 0.2) is 36.5 Å². The molecule has 128 valence electrons. The first-order chi connectivity index (χ1) is 11.6. The monoisotopic (exact) mass is 346 g/mol. The predicted molar refractivity (Wildman–Crippen MR) is 91.9 cm³/mol. The molecule has 0 spiro atoms. The van der Waals surface area contributed by atoms with Gasteiger partial charge in [-0.2, -0.15) is 4.31 Å². The molecule has 1 saturated carbocycles. The van der Waals surface area contributed by atoms with Gasteiger partial charge in [-0.15, -0.1) is 5.10 Å². The van der Waals surface area contributed by atoms with Gasteiger partial charge in [-0.3, -0.25) is 0 Å². The molecule has 24 heavy (non-hydrogen) atoms. The first-order valence-electron chi connectivity index (χ1n) is 8.61. The van der Waals surface area contributed by atoms with E-state index in [-0.39, 0.29) is 11.3 Å². The molecule has 0 bridgehead atoms. The first kappa shape index (κ1) is 15.8. The third kappa shape index (κ3) is 2.86. The molecule has 1 aliphatic carbocycles. The molecule has 0 atom stereocenters. The highest BCUT2D eigenvalue weighted by molar-refractivity contribution is 7.89. The van der Waals surface area contributed by atoms with E-state index in [0.29, 0.717) is 13.1 Å². The van der Waals surface area contributed by atoms with E-state index in [2.05, 4.69) is 10.3 Å². The average Bonchev–Trinajstić information content (AvgIpc) is 3.04. The maximum atomic E-state index is 12.7. The molecule has 1 aliphatic heterocycles. The lowest BCUT2D eigenvalue weighted by molar-refractivity contribution is 0.185. The largest absolute Gasteiger partial charge is 0.246 e. The minimum Gasteiger partial charge on any atom is -0.246 e. The molecular formula is C17H22N4O2S.